The third-order valence-corrected chi connectivity index (χ3v) is 5.62. The lowest BCUT2D eigenvalue weighted by Crippen LogP contribution is -2.47. The SMILES string of the molecule is CCCS(=O)(=O)NC1CCN(C(=O)c2cncc(Br)c2)CC1. The zero-order chi connectivity index (χ0) is 16.2. The highest BCUT2D eigenvalue weighted by Crippen LogP contribution is 2.16. The second-order valence-corrected chi connectivity index (χ2v) is 8.18. The average Bonchev–Trinajstić information content (AvgIpc) is 2.47. The van der Waals surface area contributed by atoms with Gasteiger partial charge < -0.3 is 4.90 Å². The van der Waals surface area contributed by atoms with Gasteiger partial charge in [-0.15, -0.1) is 0 Å². The highest BCUT2D eigenvalue weighted by Gasteiger charge is 2.26. The highest BCUT2D eigenvalue weighted by molar-refractivity contribution is 9.10. The summed E-state index contributed by atoms with van der Waals surface area (Å²) in [5.41, 5.74) is 0.541. The van der Waals surface area contributed by atoms with E-state index in [2.05, 4.69) is 25.6 Å². The lowest BCUT2D eigenvalue weighted by Gasteiger charge is -2.32. The van der Waals surface area contributed by atoms with Gasteiger partial charge in [-0.3, -0.25) is 9.78 Å². The summed E-state index contributed by atoms with van der Waals surface area (Å²) in [4.78, 5) is 18.1. The average molecular weight is 390 g/mol. The van der Waals surface area contributed by atoms with E-state index >= 15 is 0 Å². The predicted molar refractivity (Wildman–Crippen MR) is 88.1 cm³/mol. The Hall–Kier alpha value is -0.990. The molecule has 6 nitrogen and oxygen atoms in total. The first kappa shape index (κ1) is 17.4. The maximum atomic E-state index is 12.4. The van der Waals surface area contributed by atoms with Crippen LogP contribution in [0.3, 0.4) is 0 Å². The highest BCUT2D eigenvalue weighted by atomic mass is 79.9. The van der Waals surface area contributed by atoms with Crippen LogP contribution in [0.1, 0.15) is 36.5 Å². The molecule has 0 bridgehead atoms. The van der Waals surface area contributed by atoms with E-state index < -0.39 is 10.0 Å². The van der Waals surface area contributed by atoms with Crippen LogP contribution in [0.5, 0.6) is 0 Å². The predicted octanol–water partition coefficient (Wildman–Crippen LogP) is 1.78. The van der Waals surface area contributed by atoms with Gasteiger partial charge in [-0.05, 0) is 41.3 Å². The Morgan fingerprint density at radius 1 is 1.41 bits per heavy atom. The number of piperidine rings is 1. The maximum absolute atomic E-state index is 12.4. The van der Waals surface area contributed by atoms with Gasteiger partial charge in [0, 0.05) is 36.0 Å². The van der Waals surface area contributed by atoms with E-state index in [1.54, 1.807) is 23.4 Å². The number of amides is 1. The summed E-state index contributed by atoms with van der Waals surface area (Å²) in [6, 6.07) is 1.66. The van der Waals surface area contributed by atoms with E-state index in [1.807, 2.05) is 6.92 Å². The summed E-state index contributed by atoms with van der Waals surface area (Å²) < 4.78 is 27.0. The Morgan fingerprint density at radius 3 is 2.68 bits per heavy atom. The van der Waals surface area contributed by atoms with Crippen LogP contribution in [-0.2, 0) is 10.0 Å². The number of nitrogens with zero attached hydrogens (tertiary/aromatic N) is 2. The third-order valence-electron chi connectivity index (χ3n) is 3.55. The van der Waals surface area contributed by atoms with Crippen molar-refractivity contribution in [2.45, 2.75) is 32.2 Å². The lowest BCUT2D eigenvalue weighted by atomic mass is 10.1. The van der Waals surface area contributed by atoms with Crippen molar-refractivity contribution in [2.75, 3.05) is 18.8 Å². The van der Waals surface area contributed by atoms with Gasteiger partial charge in [0.05, 0.1) is 11.3 Å². The summed E-state index contributed by atoms with van der Waals surface area (Å²) in [5.74, 6) is 0.0826. The van der Waals surface area contributed by atoms with Crippen molar-refractivity contribution in [1.29, 1.82) is 0 Å². The van der Waals surface area contributed by atoms with Crippen LogP contribution in [0.4, 0.5) is 0 Å². The van der Waals surface area contributed by atoms with Crippen molar-refractivity contribution in [1.82, 2.24) is 14.6 Å². The number of hydrogen-bond donors (Lipinski definition) is 1. The van der Waals surface area contributed by atoms with Crippen LogP contribution >= 0.6 is 15.9 Å². The van der Waals surface area contributed by atoms with Crippen molar-refractivity contribution in [2.24, 2.45) is 0 Å². The monoisotopic (exact) mass is 389 g/mol. The van der Waals surface area contributed by atoms with Gasteiger partial charge in [-0.1, -0.05) is 6.92 Å². The van der Waals surface area contributed by atoms with Gasteiger partial charge in [0.25, 0.3) is 5.91 Å². The second-order valence-electron chi connectivity index (χ2n) is 5.40. The quantitative estimate of drug-likeness (QED) is 0.831. The van der Waals surface area contributed by atoms with Gasteiger partial charge in [-0.25, -0.2) is 13.1 Å². The number of nitrogens with one attached hydrogen (secondary N) is 1. The Kier molecular flexibility index (Phi) is 5.94. The molecule has 1 saturated heterocycles. The van der Waals surface area contributed by atoms with E-state index in [-0.39, 0.29) is 17.7 Å². The number of carbonyl (C=O) groups excluding carboxylic acids is 1. The van der Waals surface area contributed by atoms with Gasteiger partial charge in [0.2, 0.25) is 10.0 Å². The molecule has 1 aromatic heterocycles. The van der Waals surface area contributed by atoms with E-state index in [0.29, 0.717) is 37.9 Å². The summed E-state index contributed by atoms with van der Waals surface area (Å²) in [5, 5.41) is 0. The first-order chi connectivity index (χ1) is 10.4. The van der Waals surface area contributed by atoms with Gasteiger partial charge in [0.1, 0.15) is 0 Å². The summed E-state index contributed by atoms with van der Waals surface area (Å²) in [7, 11) is -3.20. The van der Waals surface area contributed by atoms with Crippen molar-refractivity contribution in [3.05, 3.63) is 28.5 Å². The number of sulfonamides is 1. The first-order valence-electron chi connectivity index (χ1n) is 7.31. The van der Waals surface area contributed by atoms with Crippen LogP contribution in [-0.4, -0.2) is 49.1 Å². The van der Waals surface area contributed by atoms with Crippen LogP contribution in [0.25, 0.3) is 0 Å². The van der Waals surface area contributed by atoms with E-state index in [1.165, 1.54) is 0 Å². The molecule has 1 amide bonds. The molecule has 1 fully saturated rings. The first-order valence-corrected chi connectivity index (χ1v) is 9.75. The number of halogens is 1. The number of aromatic nitrogens is 1. The van der Waals surface area contributed by atoms with Crippen molar-refractivity contribution in [3.63, 3.8) is 0 Å². The van der Waals surface area contributed by atoms with Crippen LogP contribution in [0.15, 0.2) is 22.9 Å². The Bertz CT molecular complexity index is 628. The summed E-state index contributed by atoms with van der Waals surface area (Å²) in [6.45, 7) is 2.93. The molecule has 1 aliphatic rings. The maximum Gasteiger partial charge on any atom is 0.255 e. The van der Waals surface area contributed by atoms with E-state index in [0.717, 1.165) is 4.47 Å². The summed E-state index contributed by atoms with van der Waals surface area (Å²) in [6.07, 6.45) is 5.05. The standard InChI is InChI=1S/C14H20BrN3O3S/c1-2-7-22(20,21)17-13-3-5-18(6-4-13)14(19)11-8-12(15)10-16-9-11/h8-10,13,17H,2-7H2,1H3. The second kappa shape index (κ2) is 7.52. The molecule has 0 saturated carbocycles. The Labute approximate surface area is 139 Å². The zero-order valence-corrected chi connectivity index (χ0v) is 14.9. The molecular formula is C14H20BrN3O3S. The number of likely N-dealkylation sites (tertiary alicyclic amines) is 1. The van der Waals surface area contributed by atoms with Gasteiger partial charge >= 0.3 is 0 Å². The minimum absolute atomic E-state index is 0.0661. The van der Waals surface area contributed by atoms with E-state index in [9.17, 15) is 13.2 Å². The van der Waals surface area contributed by atoms with Crippen LogP contribution < -0.4 is 4.72 Å². The number of pyridine rings is 1. The minimum Gasteiger partial charge on any atom is -0.338 e. The third kappa shape index (κ3) is 4.76. The molecule has 1 N–H and O–H groups in total. The number of carbonyl (C=O) groups is 1. The number of hydrogen-bond acceptors (Lipinski definition) is 4. The van der Waals surface area contributed by atoms with Crippen LogP contribution in [0, 0.1) is 0 Å². The number of rotatable bonds is 5. The summed E-state index contributed by atoms with van der Waals surface area (Å²) >= 11 is 3.30. The van der Waals surface area contributed by atoms with Gasteiger partial charge in [-0.2, -0.15) is 0 Å². The molecule has 0 radical (unpaired) electrons. The van der Waals surface area contributed by atoms with Gasteiger partial charge in [0.15, 0.2) is 0 Å². The molecular weight excluding hydrogens is 370 g/mol. The molecule has 122 valence electrons. The van der Waals surface area contributed by atoms with Crippen molar-refractivity contribution >= 4 is 31.9 Å². The lowest BCUT2D eigenvalue weighted by molar-refractivity contribution is 0.0711. The minimum atomic E-state index is -3.20. The van der Waals surface area contributed by atoms with Crippen LogP contribution in [0.2, 0.25) is 0 Å². The fraction of sp³-hybridized carbons (Fsp3) is 0.571. The molecule has 22 heavy (non-hydrogen) atoms. The smallest absolute Gasteiger partial charge is 0.255 e. The normalized spacial score (nSPS) is 16.7. The molecule has 1 aromatic rings. The molecule has 0 spiro atoms. The fourth-order valence-electron chi connectivity index (χ4n) is 2.49. The molecule has 0 atom stereocenters. The molecule has 2 heterocycles. The van der Waals surface area contributed by atoms with Crippen molar-refractivity contribution < 1.29 is 13.2 Å². The van der Waals surface area contributed by atoms with E-state index in [4.69, 9.17) is 0 Å². The molecule has 8 heteroatoms. The molecule has 1 aliphatic heterocycles. The largest absolute Gasteiger partial charge is 0.338 e. The molecule has 0 aliphatic carbocycles. The molecule has 0 unspecified atom stereocenters. The topological polar surface area (TPSA) is 79.4 Å². The fourth-order valence-corrected chi connectivity index (χ4v) is 4.26. The Balaban J connectivity index is 1.91. The Morgan fingerprint density at radius 2 is 2.09 bits per heavy atom. The van der Waals surface area contributed by atoms with Crippen molar-refractivity contribution in [3.8, 4) is 0 Å². The molecule has 2 rings (SSSR count). The zero-order valence-electron chi connectivity index (χ0n) is 12.5. The molecule has 0 aromatic carbocycles.